The van der Waals surface area contributed by atoms with Crippen molar-refractivity contribution in [2.45, 2.75) is 70.3 Å². The molecule has 1 aromatic rings. The molecule has 1 aliphatic carbocycles. The molecule has 0 spiro atoms. The second-order valence-corrected chi connectivity index (χ2v) is 7.54. The summed E-state index contributed by atoms with van der Waals surface area (Å²) in [7, 11) is 0. The molecule has 4 nitrogen and oxygen atoms in total. The van der Waals surface area contributed by atoms with Crippen LogP contribution in [-0.4, -0.2) is 35.6 Å². The topological polar surface area (TPSA) is 75.7 Å². The molecule has 2 rings (SSSR count). The van der Waals surface area contributed by atoms with Crippen LogP contribution in [0.5, 0.6) is 5.75 Å². The predicted octanol–water partition coefficient (Wildman–Crippen LogP) is 3.21. The molecule has 0 fully saturated rings. The number of hydrogen-bond acceptors (Lipinski definition) is 4. The van der Waals surface area contributed by atoms with Crippen LogP contribution in [0.3, 0.4) is 0 Å². The molecule has 0 saturated heterocycles. The van der Waals surface area contributed by atoms with E-state index in [1.165, 1.54) is 36.8 Å². The number of rotatable bonds is 10. The van der Waals surface area contributed by atoms with Crippen molar-refractivity contribution in [3.63, 3.8) is 0 Å². The Morgan fingerprint density at radius 3 is 2.60 bits per heavy atom. The minimum Gasteiger partial charge on any atom is -0.494 e. The van der Waals surface area contributed by atoms with Gasteiger partial charge >= 0.3 is 0 Å². The average Bonchev–Trinajstić information content (AvgIpc) is 2.86. The molecule has 142 valence electrons. The molecule has 0 amide bonds. The van der Waals surface area contributed by atoms with Gasteiger partial charge in [-0.3, -0.25) is 0 Å². The van der Waals surface area contributed by atoms with Gasteiger partial charge in [0.15, 0.2) is 0 Å². The second-order valence-electron chi connectivity index (χ2n) is 7.54. The first-order chi connectivity index (χ1) is 12.1. The Hall–Kier alpha value is -1.10. The molecular weight excluding hydrogens is 314 g/mol. The van der Waals surface area contributed by atoms with Gasteiger partial charge in [-0.05, 0) is 61.3 Å². The van der Waals surface area contributed by atoms with Gasteiger partial charge in [-0.2, -0.15) is 0 Å². The van der Waals surface area contributed by atoms with Crippen LogP contribution in [-0.2, 0) is 12.8 Å². The van der Waals surface area contributed by atoms with E-state index >= 15 is 0 Å². The Kier molecular flexibility index (Phi) is 8.20. The van der Waals surface area contributed by atoms with Crippen LogP contribution >= 0.6 is 0 Å². The number of hydrogen-bond donors (Lipinski definition) is 3. The summed E-state index contributed by atoms with van der Waals surface area (Å²) < 4.78 is 5.92. The molecule has 4 heteroatoms. The number of aliphatic hydroxyl groups excluding tert-OH is 2. The predicted molar refractivity (Wildman–Crippen MR) is 102 cm³/mol. The van der Waals surface area contributed by atoms with Gasteiger partial charge in [-0.15, -0.1) is 0 Å². The fourth-order valence-electron chi connectivity index (χ4n) is 3.72. The van der Waals surface area contributed by atoms with Gasteiger partial charge < -0.3 is 20.7 Å². The molecule has 0 saturated carbocycles. The number of unbranched alkanes of at least 4 members (excludes halogenated alkanes) is 4. The summed E-state index contributed by atoms with van der Waals surface area (Å²) >= 11 is 0. The monoisotopic (exact) mass is 349 g/mol. The first-order valence-corrected chi connectivity index (χ1v) is 9.88. The summed E-state index contributed by atoms with van der Waals surface area (Å²) in [6, 6.07) is 6.35. The van der Waals surface area contributed by atoms with Gasteiger partial charge in [0.1, 0.15) is 5.75 Å². The van der Waals surface area contributed by atoms with Crippen molar-refractivity contribution in [2.24, 2.45) is 11.7 Å². The lowest BCUT2D eigenvalue weighted by Gasteiger charge is -2.34. The van der Waals surface area contributed by atoms with Crippen LogP contribution in [0.1, 0.15) is 63.0 Å². The zero-order valence-corrected chi connectivity index (χ0v) is 15.7. The number of nitrogens with two attached hydrogens (primary N) is 1. The van der Waals surface area contributed by atoms with E-state index in [1.54, 1.807) is 0 Å². The van der Waals surface area contributed by atoms with Gasteiger partial charge in [-0.25, -0.2) is 0 Å². The Morgan fingerprint density at radius 1 is 1.12 bits per heavy atom. The quantitative estimate of drug-likeness (QED) is 0.448. The van der Waals surface area contributed by atoms with Crippen LogP contribution < -0.4 is 10.5 Å². The number of aryl methyl sites for hydroxylation is 1. The summed E-state index contributed by atoms with van der Waals surface area (Å²) in [6.45, 7) is 2.66. The zero-order valence-electron chi connectivity index (χ0n) is 15.7. The highest BCUT2D eigenvalue weighted by Crippen LogP contribution is 2.32. The maximum atomic E-state index is 9.59. The summed E-state index contributed by atoms with van der Waals surface area (Å²) in [5.41, 5.74) is 7.92. The third-order valence-corrected chi connectivity index (χ3v) is 5.56. The Morgan fingerprint density at radius 2 is 1.88 bits per heavy atom. The van der Waals surface area contributed by atoms with Crippen molar-refractivity contribution in [2.75, 3.05) is 19.8 Å². The summed E-state index contributed by atoms with van der Waals surface area (Å²) in [6.07, 6.45) is 9.99. The van der Waals surface area contributed by atoms with Gasteiger partial charge in [0, 0.05) is 0 Å². The van der Waals surface area contributed by atoms with Crippen LogP contribution in [0, 0.1) is 5.92 Å². The Bertz CT molecular complexity index is 514. The fraction of sp³-hybridized carbons (Fsp3) is 0.714. The van der Waals surface area contributed by atoms with Crippen molar-refractivity contribution in [3.8, 4) is 5.75 Å². The molecule has 1 aromatic carbocycles. The van der Waals surface area contributed by atoms with Crippen LogP contribution in [0.2, 0.25) is 0 Å². The first kappa shape index (κ1) is 20.2. The average molecular weight is 350 g/mol. The molecular formula is C21H35NO3. The second kappa shape index (κ2) is 10.1. The van der Waals surface area contributed by atoms with E-state index in [1.807, 2.05) is 6.07 Å². The van der Waals surface area contributed by atoms with Crippen LogP contribution in [0.4, 0.5) is 0 Å². The molecule has 0 bridgehead atoms. The fourth-order valence-corrected chi connectivity index (χ4v) is 3.72. The van der Waals surface area contributed by atoms with E-state index in [9.17, 15) is 10.2 Å². The largest absolute Gasteiger partial charge is 0.494 e. The van der Waals surface area contributed by atoms with Crippen molar-refractivity contribution < 1.29 is 14.9 Å². The van der Waals surface area contributed by atoms with Crippen molar-refractivity contribution in [3.05, 3.63) is 29.3 Å². The molecule has 0 aromatic heterocycles. The summed E-state index contributed by atoms with van der Waals surface area (Å²) in [4.78, 5) is 0. The number of fused-ring (bicyclic) bond motifs is 1. The Labute approximate surface area is 152 Å². The van der Waals surface area contributed by atoms with Gasteiger partial charge in [0.2, 0.25) is 0 Å². The zero-order chi connectivity index (χ0) is 18.1. The summed E-state index contributed by atoms with van der Waals surface area (Å²) in [5, 5.41) is 19.2. The lowest BCUT2D eigenvalue weighted by Crippen LogP contribution is -2.54. The molecule has 1 atom stereocenters. The van der Waals surface area contributed by atoms with E-state index in [0.717, 1.165) is 44.5 Å². The minimum atomic E-state index is -0.894. The number of aliphatic hydroxyl groups is 2. The first-order valence-electron chi connectivity index (χ1n) is 9.88. The lowest BCUT2D eigenvalue weighted by atomic mass is 9.80. The SMILES string of the molecule is CCCCCCCOc1ccc2c(c1)CCCC(C(N)(CO)CO)C2. The molecule has 25 heavy (non-hydrogen) atoms. The summed E-state index contributed by atoms with van der Waals surface area (Å²) in [5.74, 6) is 1.06. The smallest absolute Gasteiger partial charge is 0.119 e. The van der Waals surface area contributed by atoms with Crippen molar-refractivity contribution >= 4 is 0 Å². The van der Waals surface area contributed by atoms with Gasteiger partial charge in [0.25, 0.3) is 0 Å². The molecule has 1 aliphatic rings. The lowest BCUT2D eigenvalue weighted by molar-refractivity contribution is 0.0713. The maximum Gasteiger partial charge on any atom is 0.119 e. The molecule has 1 unspecified atom stereocenters. The minimum absolute atomic E-state index is 0.106. The number of benzene rings is 1. The van der Waals surface area contributed by atoms with E-state index in [-0.39, 0.29) is 19.1 Å². The van der Waals surface area contributed by atoms with E-state index in [2.05, 4.69) is 19.1 Å². The van der Waals surface area contributed by atoms with E-state index < -0.39 is 5.54 Å². The molecule has 0 heterocycles. The number of ether oxygens (including phenoxy) is 1. The van der Waals surface area contributed by atoms with Crippen LogP contribution in [0.25, 0.3) is 0 Å². The van der Waals surface area contributed by atoms with Gasteiger partial charge in [0.05, 0.1) is 25.4 Å². The van der Waals surface area contributed by atoms with Crippen molar-refractivity contribution in [1.29, 1.82) is 0 Å². The molecule has 0 radical (unpaired) electrons. The van der Waals surface area contributed by atoms with E-state index in [4.69, 9.17) is 10.5 Å². The standard InChI is InChI=1S/C21H35NO3/c1-2-3-4-5-6-12-25-20-11-10-18-13-19(21(22,15-23)16-24)9-7-8-17(18)14-20/h10-11,14,19,23-24H,2-9,12-13,15-16,22H2,1H3. The highest BCUT2D eigenvalue weighted by molar-refractivity contribution is 5.37. The molecule has 0 aliphatic heterocycles. The Balaban J connectivity index is 1.93. The molecule has 4 N–H and O–H groups in total. The maximum absolute atomic E-state index is 9.59. The third-order valence-electron chi connectivity index (χ3n) is 5.56. The normalized spacial score (nSPS) is 17.8. The van der Waals surface area contributed by atoms with Crippen LogP contribution in [0.15, 0.2) is 18.2 Å². The third kappa shape index (κ3) is 5.70. The van der Waals surface area contributed by atoms with E-state index in [0.29, 0.717) is 0 Å². The van der Waals surface area contributed by atoms with Gasteiger partial charge in [-0.1, -0.05) is 38.7 Å². The highest BCUT2D eigenvalue weighted by atomic mass is 16.5. The van der Waals surface area contributed by atoms with Crippen molar-refractivity contribution in [1.82, 2.24) is 0 Å². The highest BCUT2D eigenvalue weighted by Gasteiger charge is 2.35.